The van der Waals surface area contributed by atoms with Gasteiger partial charge in [-0.25, -0.2) is 0 Å². The summed E-state index contributed by atoms with van der Waals surface area (Å²) in [5, 5.41) is 3.17. The minimum atomic E-state index is -2.40. The van der Waals surface area contributed by atoms with E-state index in [-0.39, 0.29) is 0 Å². The van der Waals surface area contributed by atoms with E-state index in [0.29, 0.717) is 0 Å². The van der Waals surface area contributed by atoms with E-state index in [1.165, 1.54) is 66.8 Å². The van der Waals surface area contributed by atoms with Gasteiger partial charge in [-0.2, -0.15) is 0 Å². The summed E-state index contributed by atoms with van der Waals surface area (Å²) in [7, 11) is -2.40. The van der Waals surface area contributed by atoms with Crippen LogP contribution in [0, 0.1) is 0 Å². The zero-order chi connectivity index (χ0) is 30.4. The summed E-state index contributed by atoms with van der Waals surface area (Å²) in [6.07, 6.45) is 1.93. The van der Waals surface area contributed by atoms with Crippen molar-refractivity contribution in [2.75, 3.05) is 0 Å². The van der Waals surface area contributed by atoms with Crippen molar-refractivity contribution in [1.29, 1.82) is 0 Å². The van der Waals surface area contributed by atoms with Crippen LogP contribution in [0.2, 0.25) is 13.1 Å². The van der Waals surface area contributed by atoms with Gasteiger partial charge >= 0.3 is 0 Å². The molecule has 0 nitrogen and oxygen atoms in total. The molecule has 0 spiro atoms. The van der Waals surface area contributed by atoms with Gasteiger partial charge in [0.15, 0.2) is 0 Å². The van der Waals surface area contributed by atoms with Crippen LogP contribution < -0.4 is 0 Å². The molecule has 0 unspecified atom stereocenters. The number of benzene rings is 6. The largest absolute Gasteiger partial charge is 0.114 e. The minimum absolute atomic E-state index is 0.965. The van der Waals surface area contributed by atoms with Gasteiger partial charge in [0.05, 0.1) is 0 Å². The van der Waals surface area contributed by atoms with Gasteiger partial charge in [0.1, 0.15) is 8.07 Å². The van der Waals surface area contributed by atoms with Crippen LogP contribution in [-0.4, -0.2) is 8.07 Å². The Morgan fingerprint density at radius 3 is 1.04 bits per heavy atom. The highest BCUT2D eigenvalue weighted by Crippen LogP contribution is 2.55. The smallest absolute Gasteiger partial charge is 0.0622 e. The second-order valence-electron chi connectivity index (χ2n) is 12.8. The molecule has 0 aromatic heterocycles. The van der Waals surface area contributed by atoms with E-state index in [4.69, 9.17) is 0 Å². The number of fused-ring (bicyclic) bond motifs is 2. The highest BCUT2D eigenvalue weighted by Gasteiger charge is 2.44. The predicted molar refractivity (Wildman–Crippen MR) is 195 cm³/mol. The van der Waals surface area contributed by atoms with Gasteiger partial charge in [-0.3, -0.25) is 0 Å². The fourth-order valence-corrected chi connectivity index (χ4v) is 12.0. The minimum Gasteiger partial charge on any atom is -0.0622 e. The third-order valence-corrected chi connectivity index (χ3v) is 13.4. The second kappa shape index (κ2) is 11.2. The molecule has 0 saturated heterocycles. The Hall–Kier alpha value is -4.98. The van der Waals surface area contributed by atoms with Crippen LogP contribution in [0.25, 0.3) is 43.8 Å². The number of hydrogen-bond donors (Lipinski definition) is 0. The van der Waals surface area contributed by atoms with Crippen LogP contribution in [0.15, 0.2) is 158 Å². The fourth-order valence-electron chi connectivity index (χ4n) is 7.94. The van der Waals surface area contributed by atoms with E-state index in [2.05, 4.69) is 171 Å². The molecular formula is C44H36Si. The molecule has 0 bridgehead atoms. The summed E-state index contributed by atoms with van der Waals surface area (Å²) in [4.78, 5) is 0. The van der Waals surface area contributed by atoms with E-state index in [1.807, 2.05) is 0 Å². The predicted octanol–water partition coefficient (Wildman–Crippen LogP) is 11.4. The molecule has 216 valence electrons. The fraction of sp³-hybridized carbons (Fsp3) is 0.0909. The molecule has 0 radical (unpaired) electrons. The highest BCUT2D eigenvalue weighted by atomic mass is 28.3. The Morgan fingerprint density at radius 2 is 0.689 bits per heavy atom. The molecule has 2 aliphatic carbocycles. The molecular weight excluding hydrogens is 557 g/mol. The molecule has 6 aromatic rings. The highest BCUT2D eigenvalue weighted by molar-refractivity contribution is 7.10. The Labute approximate surface area is 268 Å². The zero-order valence-corrected chi connectivity index (χ0v) is 26.9. The van der Waals surface area contributed by atoms with Gasteiger partial charge in [-0.15, -0.1) is 0 Å². The summed E-state index contributed by atoms with van der Waals surface area (Å²) < 4.78 is 0. The van der Waals surface area contributed by atoms with E-state index < -0.39 is 8.07 Å². The van der Waals surface area contributed by atoms with Crippen LogP contribution >= 0.6 is 0 Å². The van der Waals surface area contributed by atoms with Crippen LogP contribution in [0.5, 0.6) is 0 Å². The lowest BCUT2D eigenvalue weighted by Crippen LogP contribution is -2.31. The molecule has 1 heteroatoms. The molecule has 0 N–H and O–H groups in total. The first-order valence-electron chi connectivity index (χ1n) is 16.0. The third-order valence-electron chi connectivity index (χ3n) is 9.80. The van der Waals surface area contributed by atoms with Crippen molar-refractivity contribution < 1.29 is 0 Å². The maximum absolute atomic E-state index is 2.62. The Bertz CT molecular complexity index is 1930. The Morgan fingerprint density at radius 1 is 0.356 bits per heavy atom. The van der Waals surface area contributed by atoms with Crippen LogP contribution in [0.1, 0.15) is 33.4 Å². The number of rotatable bonds is 6. The molecule has 0 saturated carbocycles. The topological polar surface area (TPSA) is 0 Å². The number of hydrogen-bond acceptors (Lipinski definition) is 0. The van der Waals surface area contributed by atoms with Gasteiger partial charge in [0.25, 0.3) is 0 Å². The molecule has 0 amide bonds. The summed E-state index contributed by atoms with van der Waals surface area (Å²) in [5.41, 5.74) is 16.8. The van der Waals surface area contributed by atoms with Crippen LogP contribution in [0.4, 0.5) is 0 Å². The average Bonchev–Trinajstić information content (AvgIpc) is 3.71. The molecule has 2 aliphatic rings. The molecule has 0 aliphatic heterocycles. The lowest BCUT2D eigenvalue weighted by atomic mass is 9.97. The number of allylic oxidation sites excluding steroid dienone is 2. The first-order chi connectivity index (χ1) is 22.1. The molecule has 45 heavy (non-hydrogen) atoms. The van der Waals surface area contributed by atoms with E-state index >= 15 is 0 Å². The average molecular weight is 593 g/mol. The van der Waals surface area contributed by atoms with Crippen molar-refractivity contribution in [2.45, 2.75) is 25.9 Å². The monoisotopic (exact) mass is 592 g/mol. The van der Waals surface area contributed by atoms with Crippen molar-refractivity contribution in [3.63, 3.8) is 0 Å². The molecule has 6 aromatic carbocycles. The van der Waals surface area contributed by atoms with Gasteiger partial charge in [0.2, 0.25) is 0 Å². The quantitative estimate of drug-likeness (QED) is 0.169. The molecule has 0 fully saturated rings. The molecule has 0 atom stereocenters. The van der Waals surface area contributed by atoms with Crippen LogP contribution in [-0.2, 0) is 12.8 Å². The lowest BCUT2D eigenvalue weighted by molar-refractivity contribution is 1.32. The standard InChI is InChI=1S/C44H36Si/c1-45(2,43-39(33-21-11-5-12-22-33)29-35-25-15-27-37(41(35)43)31-17-7-3-8-18-31)44-40(34-23-13-6-14-24-34)30-36-26-16-28-38(42(36)44)32-19-9-4-10-20-32/h3-28H,29-30H2,1-2H3. The molecule has 0 heterocycles. The maximum atomic E-state index is 2.62. The van der Waals surface area contributed by atoms with E-state index in [1.54, 1.807) is 10.4 Å². The van der Waals surface area contributed by atoms with E-state index in [9.17, 15) is 0 Å². The normalized spacial score (nSPS) is 14.1. The van der Waals surface area contributed by atoms with Crippen molar-refractivity contribution in [3.05, 3.63) is 191 Å². The van der Waals surface area contributed by atoms with Crippen molar-refractivity contribution in [1.82, 2.24) is 0 Å². The first kappa shape index (κ1) is 27.6. The summed E-state index contributed by atoms with van der Waals surface area (Å²) in [5.74, 6) is 0. The SMILES string of the molecule is C[Si](C)(C1=C(c2ccccc2)Cc2cccc(-c3ccccc3)c21)C1=C(c2ccccc2)Cc2cccc(-c3ccccc3)c21. The van der Waals surface area contributed by atoms with Gasteiger partial charge < -0.3 is 0 Å². The third kappa shape index (κ3) is 4.67. The second-order valence-corrected chi connectivity index (χ2v) is 17.1. The Balaban J connectivity index is 1.45. The maximum Gasteiger partial charge on any atom is 0.114 e. The summed E-state index contributed by atoms with van der Waals surface area (Å²) in [6.45, 7) is 5.24. The lowest BCUT2D eigenvalue weighted by Gasteiger charge is -2.33. The van der Waals surface area contributed by atoms with Gasteiger partial charge in [-0.05, 0) is 90.0 Å². The first-order valence-corrected chi connectivity index (χ1v) is 19.0. The zero-order valence-electron chi connectivity index (χ0n) is 25.9. The van der Waals surface area contributed by atoms with Crippen molar-refractivity contribution in [2.24, 2.45) is 0 Å². The van der Waals surface area contributed by atoms with Crippen LogP contribution in [0.3, 0.4) is 0 Å². The van der Waals surface area contributed by atoms with Gasteiger partial charge in [-0.1, -0.05) is 171 Å². The van der Waals surface area contributed by atoms with Gasteiger partial charge in [0, 0.05) is 0 Å². The Kier molecular flexibility index (Phi) is 6.85. The summed E-state index contributed by atoms with van der Waals surface area (Å²) >= 11 is 0. The molecule has 8 rings (SSSR count). The summed E-state index contributed by atoms with van der Waals surface area (Å²) in [6, 6.07) is 58.3. The van der Waals surface area contributed by atoms with E-state index in [0.717, 1.165) is 12.8 Å². The van der Waals surface area contributed by atoms with Crippen molar-refractivity contribution in [3.8, 4) is 22.3 Å². The van der Waals surface area contributed by atoms with Crippen molar-refractivity contribution >= 4 is 29.6 Å².